The largest absolute Gasteiger partial charge is 0.477 e. The van der Waals surface area contributed by atoms with E-state index in [1.165, 1.54) is 36.5 Å². The van der Waals surface area contributed by atoms with E-state index in [0.29, 0.717) is 16.2 Å². The van der Waals surface area contributed by atoms with Crippen molar-refractivity contribution >= 4 is 34.2 Å². The molecule has 0 spiro atoms. The lowest BCUT2D eigenvalue weighted by Crippen LogP contribution is -2.44. The number of halogens is 2. The van der Waals surface area contributed by atoms with Crippen LogP contribution in [0.1, 0.15) is 10.4 Å². The second-order valence-corrected chi connectivity index (χ2v) is 7.54. The number of aromatic nitrogens is 1. The Morgan fingerprint density at radius 2 is 1.76 bits per heavy atom. The van der Waals surface area contributed by atoms with Gasteiger partial charge in [-0.05, 0) is 43.4 Å². The fourth-order valence-electron chi connectivity index (χ4n) is 3.59. The number of anilines is 1. The Balaban J connectivity index is 1.97. The number of carbonyl (C=O) groups is 1. The van der Waals surface area contributed by atoms with Gasteiger partial charge in [0.2, 0.25) is 5.43 Å². The summed E-state index contributed by atoms with van der Waals surface area (Å²) in [5.41, 5.74) is 0.879. The van der Waals surface area contributed by atoms with E-state index in [1.54, 1.807) is 10.6 Å². The molecule has 1 fully saturated rings. The molecule has 3 aromatic rings. The zero-order valence-electron chi connectivity index (χ0n) is 15.7. The van der Waals surface area contributed by atoms with E-state index in [0.717, 1.165) is 31.9 Å². The molecule has 0 aliphatic carbocycles. The van der Waals surface area contributed by atoms with Crippen molar-refractivity contribution < 1.29 is 14.3 Å². The normalized spacial score (nSPS) is 15.1. The van der Waals surface area contributed by atoms with Crippen molar-refractivity contribution in [3.8, 4) is 5.69 Å². The second-order valence-electron chi connectivity index (χ2n) is 7.13. The number of fused-ring (bicyclic) bond motifs is 1. The van der Waals surface area contributed by atoms with Crippen LogP contribution in [0.4, 0.5) is 10.1 Å². The Bertz CT molecular complexity index is 1150. The van der Waals surface area contributed by atoms with Gasteiger partial charge in [0.05, 0.1) is 16.2 Å². The fourth-order valence-corrected chi connectivity index (χ4v) is 3.87. The molecule has 1 aliphatic rings. The summed E-state index contributed by atoms with van der Waals surface area (Å²) in [5.74, 6) is -1.73. The van der Waals surface area contributed by atoms with E-state index in [4.69, 9.17) is 11.6 Å². The number of likely N-dealkylation sites (N-methyl/N-ethyl adjacent to an activating group) is 1. The minimum Gasteiger partial charge on any atom is -0.477 e. The Labute approximate surface area is 171 Å². The molecule has 0 unspecified atom stereocenters. The van der Waals surface area contributed by atoms with Crippen molar-refractivity contribution in [3.63, 3.8) is 0 Å². The highest BCUT2D eigenvalue weighted by molar-refractivity contribution is 6.34. The third kappa shape index (κ3) is 3.59. The quantitative estimate of drug-likeness (QED) is 0.711. The molecule has 0 saturated carbocycles. The molecule has 150 valence electrons. The van der Waals surface area contributed by atoms with Crippen LogP contribution in [0.15, 0.2) is 47.4 Å². The number of nitrogens with zero attached hydrogens (tertiary/aromatic N) is 3. The molecule has 1 aromatic heterocycles. The van der Waals surface area contributed by atoms with Crippen LogP contribution in [0, 0.1) is 5.82 Å². The van der Waals surface area contributed by atoms with Gasteiger partial charge in [0.15, 0.2) is 0 Å². The number of aromatic carboxylic acids is 1. The molecule has 1 N–H and O–H groups in total. The molecule has 0 amide bonds. The zero-order chi connectivity index (χ0) is 20.7. The zero-order valence-corrected chi connectivity index (χ0v) is 16.5. The van der Waals surface area contributed by atoms with Crippen LogP contribution in [0.25, 0.3) is 16.6 Å². The van der Waals surface area contributed by atoms with E-state index in [-0.39, 0.29) is 10.9 Å². The van der Waals surface area contributed by atoms with Crippen LogP contribution in [0.3, 0.4) is 0 Å². The molecular formula is C21H19ClFN3O3. The maximum Gasteiger partial charge on any atom is 0.341 e. The third-order valence-electron chi connectivity index (χ3n) is 5.25. The van der Waals surface area contributed by atoms with Crippen LogP contribution >= 0.6 is 11.6 Å². The Morgan fingerprint density at radius 1 is 1.10 bits per heavy atom. The second kappa shape index (κ2) is 7.50. The predicted molar refractivity (Wildman–Crippen MR) is 111 cm³/mol. The van der Waals surface area contributed by atoms with Crippen molar-refractivity contribution in [2.24, 2.45) is 0 Å². The van der Waals surface area contributed by atoms with E-state index >= 15 is 0 Å². The first-order chi connectivity index (χ1) is 13.8. The summed E-state index contributed by atoms with van der Waals surface area (Å²) in [7, 11) is 2.05. The van der Waals surface area contributed by atoms with E-state index < -0.39 is 17.2 Å². The summed E-state index contributed by atoms with van der Waals surface area (Å²) in [6.45, 7) is 3.35. The minimum atomic E-state index is -1.33. The molecule has 29 heavy (non-hydrogen) atoms. The number of hydrogen-bond donors (Lipinski definition) is 1. The van der Waals surface area contributed by atoms with E-state index in [1.807, 2.05) is 0 Å². The van der Waals surface area contributed by atoms with Gasteiger partial charge in [0.25, 0.3) is 0 Å². The van der Waals surface area contributed by atoms with Crippen molar-refractivity contribution in [3.05, 3.63) is 69.2 Å². The minimum absolute atomic E-state index is 0.206. The standard InChI is InChI=1S/C21H19ClFN3O3/c1-24-6-8-25(9-7-24)19-11-18-15(10-17(19)22)20(27)16(21(28)29)12-26(18)14-4-2-13(23)3-5-14/h2-5,10-12H,6-9H2,1H3,(H,28,29). The lowest BCUT2D eigenvalue weighted by molar-refractivity contribution is 0.0695. The van der Waals surface area contributed by atoms with Crippen molar-refractivity contribution in [1.82, 2.24) is 9.47 Å². The predicted octanol–water partition coefficient (Wildman–Crippen LogP) is 3.23. The molecule has 6 nitrogen and oxygen atoms in total. The van der Waals surface area contributed by atoms with Gasteiger partial charge in [0, 0.05) is 43.4 Å². The number of carboxylic acids is 1. The number of piperazine rings is 1. The highest BCUT2D eigenvalue weighted by Crippen LogP contribution is 2.32. The lowest BCUT2D eigenvalue weighted by atomic mass is 10.1. The first-order valence-corrected chi connectivity index (χ1v) is 9.54. The SMILES string of the molecule is CN1CCN(c2cc3c(cc2Cl)c(=O)c(C(=O)O)cn3-c2ccc(F)cc2)CC1. The monoisotopic (exact) mass is 415 g/mol. The maximum atomic E-state index is 13.4. The fraction of sp³-hybridized carbons (Fsp3) is 0.238. The Hall–Kier alpha value is -2.90. The highest BCUT2D eigenvalue weighted by Gasteiger charge is 2.21. The van der Waals surface area contributed by atoms with Gasteiger partial charge < -0.3 is 19.5 Å². The number of benzene rings is 2. The van der Waals surface area contributed by atoms with Crippen molar-refractivity contribution in [2.45, 2.75) is 0 Å². The summed E-state index contributed by atoms with van der Waals surface area (Å²) in [4.78, 5) is 28.7. The smallest absolute Gasteiger partial charge is 0.341 e. The molecular weight excluding hydrogens is 397 g/mol. The average Bonchev–Trinajstić information content (AvgIpc) is 2.70. The third-order valence-corrected chi connectivity index (χ3v) is 5.55. The Morgan fingerprint density at radius 3 is 2.38 bits per heavy atom. The van der Waals surface area contributed by atoms with Gasteiger partial charge in [0.1, 0.15) is 11.4 Å². The number of rotatable bonds is 3. The molecule has 0 radical (unpaired) electrons. The molecule has 4 rings (SSSR count). The van der Waals surface area contributed by atoms with Gasteiger partial charge in [-0.15, -0.1) is 0 Å². The Kier molecular flexibility index (Phi) is 5.02. The van der Waals surface area contributed by atoms with E-state index in [2.05, 4.69) is 16.8 Å². The van der Waals surface area contributed by atoms with Gasteiger partial charge in [-0.2, -0.15) is 0 Å². The summed E-state index contributed by atoms with van der Waals surface area (Å²) in [6, 6.07) is 8.98. The molecule has 0 atom stereocenters. The van der Waals surface area contributed by atoms with Crippen LogP contribution in [-0.4, -0.2) is 53.8 Å². The summed E-state index contributed by atoms with van der Waals surface area (Å²) >= 11 is 6.50. The van der Waals surface area contributed by atoms with Crippen LogP contribution < -0.4 is 10.3 Å². The molecule has 8 heteroatoms. The van der Waals surface area contributed by atoms with Gasteiger partial charge in [-0.3, -0.25) is 4.79 Å². The van der Waals surface area contributed by atoms with Crippen molar-refractivity contribution in [1.29, 1.82) is 0 Å². The topological polar surface area (TPSA) is 65.8 Å². The van der Waals surface area contributed by atoms with Crippen molar-refractivity contribution in [2.75, 3.05) is 38.1 Å². The maximum absolute atomic E-state index is 13.4. The first kappa shape index (κ1) is 19.4. The lowest BCUT2D eigenvalue weighted by Gasteiger charge is -2.34. The highest BCUT2D eigenvalue weighted by atomic mass is 35.5. The first-order valence-electron chi connectivity index (χ1n) is 9.17. The average molecular weight is 416 g/mol. The summed E-state index contributed by atoms with van der Waals surface area (Å²) < 4.78 is 15.0. The molecule has 0 bridgehead atoms. The van der Waals surface area contributed by atoms with Crippen LogP contribution in [0.2, 0.25) is 5.02 Å². The number of hydrogen-bond acceptors (Lipinski definition) is 4. The molecule has 2 heterocycles. The van der Waals surface area contributed by atoms with E-state index in [9.17, 15) is 19.1 Å². The molecule has 1 aliphatic heterocycles. The number of carboxylic acid groups (broad SMARTS) is 1. The molecule has 2 aromatic carbocycles. The van der Waals surface area contributed by atoms with Crippen LogP contribution in [0.5, 0.6) is 0 Å². The molecule has 1 saturated heterocycles. The van der Waals surface area contributed by atoms with Crippen LogP contribution in [-0.2, 0) is 0 Å². The number of pyridine rings is 1. The summed E-state index contributed by atoms with van der Waals surface area (Å²) in [6.07, 6.45) is 1.28. The van der Waals surface area contributed by atoms with Gasteiger partial charge in [-0.1, -0.05) is 11.6 Å². The van der Waals surface area contributed by atoms with Gasteiger partial charge in [-0.25, -0.2) is 9.18 Å². The summed E-state index contributed by atoms with van der Waals surface area (Å²) in [5, 5.41) is 10.1. The van der Waals surface area contributed by atoms with Gasteiger partial charge >= 0.3 is 5.97 Å².